The number of carbonyl (C=O) groups is 1. The molecule has 0 saturated heterocycles. The molecule has 0 amide bonds. The van der Waals surface area contributed by atoms with Crippen LogP contribution in [0.1, 0.15) is 56.9 Å². The summed E-state index contributed by atoms with van der Waals surface area (Å²) in [4.78, 5) is 15.2. The number of allylic oxidation sites excluding steroid dienone is 1. The van der Waals surface area contributed by atoms with Gasteiger partial charge in [-0.1, -0.05) is 37.6 Å². The molecule has 2 aromatic carbocycles. The van der Waals surface area contributed by atoms with Crippen molar-refractivity contribution >= 4 is 23.2 Å². The highest BCUT2D eigenvalue weighted by Gasteiger charge is 2.16. The zero-order chi connectivity index (χ0) is 21.3. The minimum absolute atomic E-state index is 0.684. The van der Waals surface area contributed by atoms with Gasteiger partial charge in [-0.2, -0.15) is 0 Å². The van der Waals surface area contributed by atoms with Crippen molar-refractivity contribution in [2.75, 3.05) is 37.0 Å². The van der Waals surface area contributed by atoms with Gasteiger partial charge in [-0.3, -0.25) is 0 Å². The Hall–Kier alpha value is -2.55. The number of rotatable bonds is 8. The largest absolute Gasteiger partial charge is 0.378 e. The average molecular weight is 405 g/mol. The highest BCUT2D eigenvalue weighted by atomic mass is 16.1. The van der Waals surface area contributed by atoms with Gasteiger partial charge >= 0.3 is 0 Å². The van der Waals surface area contributed by atoms with Crippen LogP contribution in [-0.2, 0) is 4.79 Å². The van der Waals surface area contributed by atoms with Gasteiger partial charge in [0.15, 0.2) is 0 Å². The van der Waals surface area contributed by atoms with Crippen LogP contribution in [0.15, 0.2) is 49.0 Å². The Bertz CT molecular complexity index is 838. The number of carbonyl (C=O) groups excluding carboxylic acids is 1. The molecule has 0 atom stereocenters. The monoisotopic (exact) mass is 404 g/mol. The molecule has 0 saturated carbocycles. The molecule has 3 nitrogen and oxygen atoms in total. The molecule has 1 heterocycles. The third-order valence-electron chi connectivity index (χ3n) is 6.09. The van der Waals surface area contributed by atoms with Gasteiger partial charge in [0.2, 0.25) is 0 Å². The molecule has 3 rings (SSSR count). The van der Waals surface area contributed by atoms with Gasteiger partial charge in [0.1, 0.15) is 6.29 Å². The summed E-state index contributed by atoms with van der Waals surface area (Å²) in [7, 11) is 4.14. The van der Waals surface area contributed by atoms with E-state index in [0.717, 1.165) is 45.1 Å². The first-order chi connectivity index (χ1) is 14.6. The quantitative estimate of drug-likeness (QED) is 0.367. The van der Waals surface area contributed by atoms with Crippen LogP contribution in [0.3, 0.4) is 0 Å². The minimum atomic E-state index is 0.684. The average Bonchev–Trinajstić information content (AvgIpc) is 2.83. The summed E-state index contributed by atoms with van der Waals surface area (Å²) in [5.41, 5.74) is 7.60. The first kappa shape index (κ1) is 22.1. The molecule has 0 unspecified atom stereocenters. The second-order valence-electron chi connectivity index (χ2n) is 8.59. The SMILES string of the molecule is C=C1CCCCCN(CCCCCC=O)c2ccc(-c3ccc(N(C)C)cc3)cc21. The fourth-order valence-corrected chi connectivity index (χ4v) is 4.24. The van der Waals surface area contributed by atoms with E-state index in [-0.39, 0.29) is 0 Å². The van der Waals surface area contributed by atoms with E-state index in [1.807, 2.05) is 0 Å². The van der Waals surface area contributed by atoms with Crippen LogP contribution in [-0.4, -0.2) is 33.5 Å². The Kier molecular flexibility index (Phi) is 8.12. The van der Waals surface area contributed by atoms with Crippen LogP contribution in [0.5, 0.6) is 0 Å². The normalized spacial score (nSPS) is 14.5. The lowest BCUT2D eigenvalue weighted by molar-refractivity contribution is -0.107. The van der Waals surface area contributed by atoms with Gasteiger partial charge in [-0.15, -0.1) is 0 Å². The molecule has 30 heavy (non-hydrogen) atoms. The molecule has 1 aliphatic heterocycles. The second-order valence-corrected chi connectivity index (χ2v) is 8.59. The second kappa shape index (κ2) is 11.0. The third kappa shape index (κ3) is 5.75. The maximum atomic E-state index is 10.6. The van der Waals surface area contributed by atoms with Crippen LogP contribution in [0.4, 0.5) is 11.4 Å². The lowest BCUT2D eigenvalue weighted by Gasteiger charge is -2.27. The lowest BCUT2D eigenvalue weighted by atomic mass is 9.95. The summed E-state index contributed by atoms with van der Waals surface area (Å²) in [6.07, 6.45) is 9.74. The molecule has 1 aliphatic rings. The summed E-state index contributed by atoms with van der Waals surface area (Å²) < 4.78 is 0. The smallest absolute Gasteiger partial charge is 0.119 e. The molecule has 0 aliphatic carbocycles. The van der Waals surface area contributed by atoms with Crippen LogP contribution in [0, 0.1) is 0 Å². The highest BCUT2D eigenvalue weighted by molar-refractivity contribution is 5.81. The Labute approximate surface area is 182 Å². The van der Waals surface area contributed by atoms with Gasteiger partial charge in [-0.05, 0) is 73.1 Å². The molecular weight excluding hydrogens is 368 g/mol. The summed E-state index contributed by atoms with van der Waals surface area (Å²) in [6, 6.07) is 15.7. The molecule has 0 fully saturated rings. The molecule has 0 aromatic heterocycles. The maximum absolute atomic E-state index is 10.6. The number of hydrogen-bond acceptors (Lipinski definition) is 3. The van der Waals surface area contributed by atoms with Crippen molar-refractivity contribution in [1.29, 1.82) is 0 Å². The van der Waals surface area contributed by atoms with Crippen molar-refractivity contribution in [2.24, 2.45) is 0 Å². The summed E-state index contributed by atoms with van der Waals surface area (Å²) >= 11 is 0. The Morgan fingerprint density at radius 1 is 0.967 bits per heavy atom. The van der Waals surface area contributed by atoms with E-state index in [9.17, 15) is 4.79 Å². The van der Waals surface area contributed by atoms with E-state index in [1.54, 1.807) is 0 Å². The number of hydrogen-bond donors (Lipinski definition) is 0. The van der Waals surface area contributed by atoms with E-state index in [0.29, 0.717) is 6.42 Å². The van der Waals surface area contributed by atoms with Crippen molar-refractivity contribution in [3.63, 3.8) is 0 Å². The first-order valence-corrected chi connectivity index (χ1v) is 11.4. The Morgan fingerprint density at radius 3 is 2.47 bits per heavy atom. The van der Waals surface area contributed by atoms with E-state index < -0.39 is 0 Å². The molecule has 0 spiro atoms. The third-order valence-corrected chi connectivity index (χ3v) is 6.09. The molecule has 160 valence electrons. The van der Waals surface area contributed by atoms with Crippen molar-refractivity contribution in [3.8, 4) is 11.1 Å². The predicted octanol–water partition coefficient (Wildman–Crippen LogP) is 6.57. The van der Waals surface area contributed by atoms with Gasteiger partial charge in [0.05, 0.1) is 0 Å². The number of aldehydes is 1. The Balaban J connectivity index is 1.86. The van der Waals surface area contributed by atoms with Crippen molar-refractivity contribution in [2.45, 2.75) is 51.4 Å². The fourth-order valence-electron chi connectivity index (χ4n) is 4.24. The standard InChI is InChI=1S/C27H36N2O/c1-22-11-7-6-9-19-29(18-8-4-5-10-20-30)27-17-14-24(21-26(22)27)23-12-15-25(16-13-23)28(2)3/h12-17,20-21H,1,4-11,18-19H2,2-3H3. The molecule has 3 heteroatoms. The van der Waals surface area contributed by atoms with Crippen molar-refractivity contribution in [3.05, 3.63) is 54.6 Å². The van der Waals surface area contributed by atoms with Gasteiger partial charge in [0, 0.05) is 50.5 Å². The van der Waals surface area contributed by atoms with Crippen LogP contribution >= 0.6 is 0 Å². The zero-order valence-corrected chi connectivity index (χ0v) is 18.7. The van der Waals surface area contributed by atoms with E-state index in [4.69, 9.17) is 0 Å². The first-order valence-electron chi connectivity index (χ1n) is 11.4. The zero-order valence-electron chi connectivity index (χ0n) is 18.7. The Morgan fingerprint density at radius 2 is 1.73 bits per heavy atom. The van der Waals surface area contributed by atoms with Crippen LogP contribution in [0.2, 0.25) is 0 Å². The predicted molar refractivity (Wildman–Crippen MR) is 130 cm³/mol. The van der Waals surface area contributed by atoms with E-state index in [1.165, 1.54) is 52.9 Å². The van der Waals surface area contributed by atoms with E-state index >= 15 is 0 Å². The topological polar surface area (TPSA) is 23.6 Å². The molecule has 0 radical (unpaired) electrons. The molecule has 2 aromatic rings. The molecular formula is C27H36N2O. The number of anilines is 2. The van der Waals surface area contributed by atoms with Crippen molar-refractivity contribution in [1.82, 2.24) is 0 Å². The van der Waals surface area contributed by atoms with E-state index in [2.05, 4.69) is 72.9 Å². The lowest BCUT2D eigenvalue weighted by Crippen LogP contribution is -2.26. The van der Waals surface area contributed by atoms with Gasteiger partial charge in [0.25, 0.3) is 0 Å². The van der Waals surface area contributed by atoms with Gasteiger partial charge in [-0.25, -0.2) is 0 Å². The highest BCUT2D eigenvalue weighted by Crippen LogP contribution is 2.35. The number of benzene rings is 2. The number of nitrogens with zero attached hydrogens (tertiary/aromatic N) is 2. The minimum Gasteiger partial charge on any atom is -0.378 e. The maximum Gasteiger partial charge on any atom is 0.119 e. The summed E-state index contributed by atoms with van der Waals surface area (Å²) in [6.45, 7) is 6.61. The molecule has 0 N–H and O–H groups in total. The molecule has 0 bridgehead atoms. The summed E-state index contributed by atoms with van der Waals surface area (Å²) in [5, 5.41) is 0. The van der Waals surface area contributed by atoms with Crippen LogP contribution in [0.25, 0.3) is 16.7 Å². The summed E-state index contributed by atoms with van der Waals surface area (Å²) in [5.74, 6) is 0. The number of unbranched alkanes of at least 4 members (excludes halogenated alkanes) is 3. The van der Waals surface area contributed by atoms with Crippen molar-refractivity contribution < 1.29 is 4.79 Å². The number of fused-ring (bicyclic) bond motifs is 1. The van der Waals surface area contributed by atoms with Gasteiger partial charge < -0.3 is 14.6 Å². The van der Waals surface area contributed by atoms with Crippen LogP contribution < -0.4 is 9.80 Å². The fraction of sp³-hybridized carbons (Fsp3) is 0.444.